The van der Waals surface area contributed by atoms with Gasteiger partial charge in [0.2, 0.25) is 5.91 Å². The summed E-state index contributed by atoms with van der Waals surface area (Å²) in [6.45, 7) is 7.81. The number of nitrogens with one attached hydrogen (secondary N) is 1. The van der Waals surface area contributed by atoms with E-state index in [1.165, 1.54) is 6.26 Å². The smallest absolute Gasteiger partial charge is 0.291 e. The van der Waals surface area contributed by atoms with Gasteiger partial charge in [-0.25, -0.2) is 0 Å². The second-order valence-corrected chi connectivity index (χ2v) is 7.84. The van der Waals surface area contributed by atoms with E-state index in [4.69, 9.17) is 4.42 Å². The molecule has 0 aliphatic carbocycles. The Hall–Kier alpha value is -3.09. The second kappa shape index (κ2) is 7.88. The number of carbonyl (C=O) groups is 3. The number of hydrogen-bond acceptors (Lipinski definition) is 4. The number of nitrogens with zero attached hydrogens (tertiary/aromatic N) is 2. The molecule has 148 valence electrons. The minimum Gasteiger partial charge on any atom is -0.459 e. The lowest BCUT2D eigenvalue weighted by molar-refractivity contribution is -0.140. The van der Waals surface area contributed by atoms with Crippen LogP contribution < -0.4 is 5.32 Å². The molecule has 28 heavy (non-hydrogen) atoms. The van der Waals surface area contributed by atoms with Crippen LogP contribution >= 0.6 is 0 Å². The quantitative estimate of drug-likeness (QED) is 0.883. The zero-order chi connectivity index (χ0) is 20.3. The van der Waals surface area contributed by atoms with Crippen molar-refractivity contribution in [3.63, 3.8) is 0 Å². The Balaban J connectivity index is 1.57. The Bertz CT molecular complexity index is 843. The van der Waals surface area contributed by atoms with Crippen LogP contribution in [0, 0.1) is 5.41 Å². The van der Waals surface area contributed by atoms with Gasteiger partial charge in [0.05, 0.1) is 6.26 Å². The van der Waals surface area contributed by atoms with Crippen LogP contribution in [0.25, 0.3) is 0 Å². The first-order valence-corrected chi connectivity index (χ1v) is 9.29. The average molecular weight is 383 g/mol. The molecule has 0 radical (unpaired) electrons. The average Bonchev–Trinajstić information content (AvgIpc) is 3.22. The maximum Gasteiger partial charge on any atom is 0.291 e. The van der Waals surface area contributed by atoms with Crippen LogP contribution in [0.2, 0.25) is 0 Å². The molecule has 7 nitrogen and oxygen atoms in total. The van der Waals surface area contributed by atoms with E-state index < -0.39 is 5.41 Å². The van der Waals surface area contributed by atoms with Crippen LogP contribution in [0.4, 0.5) is 5.69 Å². The van der Waals surface area contributed by atoms with E-state index >= 15 is 0 Å². The SMILES string of the molecule is CC(C)(C)C(=O)N1CCN(C(=O)c2ccc(NC(=O)c3ccco3)cc2)CC1. The fraction of sp³-hybridized carbons (Fsp3) is 0.381. The van der Waals surface area contributed by atoms with Crippen LogP contribution in [0.3, 0.4) is 0 Å². The van der Waals surface area contributed by atoms with Crippen LogP contribution in [0.1, 0.15) is 41.7 Å². The van der Waals surface area contributed by atoms with Gasteiger partial charge in [0.15, 0.2) is 5.76 Å². The van der Waals surface area contributed by atoms with Crippen molar-refractivity contribution in [1.82, 2.24) is 9.80 Å². The molecule has 1 aromatic carbocycles. The van der Waals surface area contributed by atoms with Crippen LogP contribution in [0.15, 0.2) is 47.1 Å². The number of piperazine rings is 1. The molecule has 3 rings (SSSR count). The fourth-order valence-corrected chi connectivity index (χ4v) is 3.07. The molecule has 0 bridgehead atoms. The molecule has 1 N–H and O–H groups in total. The van der Waals surface area contributed by atoms with Gasteiger partial charge in [-0.2, -0.15) is 0 Å². The molecule has 7 heteroatoms. The van der Waals surface area contributed by atoms with Crippen molar-refractivity contribution in [2.75, 3.05) is 31.5 Å². The maximum atomic E-state index is 12.7. The van der Waals surface area contributed by atoms with Crippen molar-refractivity contribution in [3.8, 4) is 0 Å². The summed E-state index contributed by atoms with van der Waals surface area (Å²) >= 11 is 0. The summed E-state index contributed by atoms with van der Waals surface area (Å²) in [5.74, 6) is -0.0884. The lowest BCUT2D eigenvalue weighted by atomic mass is 9.94. The van der Waals surface area contributed by atoms with E-state index in [-0.39, 0.29) is 23.5 Å². The first kappa shape index (κ1) is 19.7. The zero-order valence-corrected chi connectivity index (χ0v) is 16.4. The summed E-state index contributed by atoms with van der Waals surface area (Å²) in [6.07, 6.45) is 1.44. The molecule has 0 saturated carbocycles. The summed E-state index contributed by atoms with van der Waals surface area (Å²) in [6, 6.07) is 9.98. The third kappa shape index (κ3) is 4.42. The molecule has 3 amide bonds. The van der Waals surface area contributed by atoms with Gasteiger partial charge in [0.25, 0.3) is 11.8 Å². The third-order valence-corrected chi connectivity index (χ3v) is 4.63. The molecular formula is C21H25N3O4. The molecule has 0 unspecified atom stereocenters. The van der Waals surface area contributed by atoms with Crippen LogP contribution in [0.5, 0.6) is 0 Å². The van der Waals surface area contributed by atoms with Crippen molar-refractivity contribution in [2.24, 2.45) is 5.41 Å². The van der Waals surface area contributed by atoms with Gasteiger partial charge in [-0.15, -0.1) is 0 Å². The normalized spacial score (nSPS) is 14.7. The Kier molecular flexibility index (Phi) is 5.53. The summed E-state index contributed by atoms with van der Waals surface area (Å²) in [5.41, 5.74) is 0.715. The van der Waals surface area contributed by atoms with Gasteiger partial charge in [-0.3, -0.25) is 14.4 Å². The van der Waals surface area contributed by atoms with Crippen molar-refractivity contribution in [2.45, 2.75) is 20.8 Å². The summed E-state index contributed by atoms with van der Waals surface area (Å²) < 4.78 is 5.05. The van der Waals surface area contributed by atoms with Crippen molar-refractivity contribution in [1.29, 1.82) is 0 Å². The highest BCUT2D eigenvalue weighted by Crippen LogP contribution is 2.20. The Labute approximate surface area is 164 Å². The van der Waals surface area contributed by atoms with E-state index in [1.54, 1.807) is 41.3 Å². The lowest BCUT2D eigenvalue weighted by Crippen LogP contribution is -2.53. The number of hydrogen-bond donors (Lipinski definition) is 1. The summed E-state index contributed by atoms with van der Waals surface area (Å²) in [7, 11) is 0. The van der Waals surface area contributed by atoms with Crippen molar-refractivity contribution >= 4 is 23.4 Å². The van der Waals surface area contributed by atoms with E-state index in [0.29, 0.717) is 37.4 Å². The minimum atomic E-state index is -0.415. The number of carbonyl (C=O) groups excluding carboxylic acids is 3. The van der Waals surface area contributed by atoms with E-state index in [9.17, 15) is 14.4 Å². The van der Waals surface area contributed by atoms with Gasteiger partial charge >= 0.3 is 0 Å². The summed E-state index contributed by atoms with van der Waals surface area (Å²) in [4.78, 5) is 40.6. The van der Waals surface area contributed by atoms with Gasteiger partial charge in [0, 0.05) is 42.8 Å². The number of anilines is 1. The molecule has 0 spiro atoms. The number of benzene rings is 1. The van der Waals surface area contributed by atoms with Gasteiger partial charge in [-0.05, 0) is 36.4 Å². The molecule has 1 aliphatic rings. The number of rotatable bonds is 3. The van der Waals surface area contributed by atoms with Crippen molar-refractivity contribution in [3.05, 3.63) is 54.0 Å². The Morgan fingerprint density at radius 2 is 1.54 bits per heavy atom. The van der Waals surface area contributed by atoms with Gasteiger partial charge in [0.1, 0.15) is 0 Å². The molecule has 0 atom stereocenters. The highest BCUT2D eigenvalue weighted by atomic mass is 16.3. The predicted octanol–water partition coefficient (Wildman–Crippen LogP) is 2.86. The number of furan rings is 1. The van der Waals surface area contributed by atoms with Gasteiger partial charge < -0.3 is 19.5 Å². The Morgan fingerprint density at radius 1 is 0.929 bits per heavy atom. The van der Waals surface area contributed by atoms with Crippen LogP contribution in [-0.2, 0) is 4.79 Å². The Morgan fingerprint density at radius 3 is 2.07 bits per heavy atom. The molecule has 1 saturated heterocycles. The van der Waals surface area contributed by atoms with E-state index in [1.807, 2.05) is 25.7 Å². The molecule has 1 fully saturated rings. The predicted molar refractivity (Wildman–Crippen MR) is 105 cm³/mol. The molecule has 1 aliphatic heterocycles. The van der Waals surface area contributed by atoms with Gasteiger partial charge in [-0.1, -0.05) is 20.8 Å². The number of amides is 3. The van der Waals surface area contributed by atoms with E-state index in [0.717, 1.165) is 0 Å². The molecule has 1 aromatic heterocycles. The molecule has 2 aromatic rings. The minimum absolute atomic E-state index is 0.0771. The highest BCUT2D eigenvalue weighted by Gasteiger charge is 2.31. The molecule has 2 heterocycles. The van der Waals surface area contributed by atoms with Crippen LogP contribution in [-0.4, -0.2) is 53.7 Å². The fourth-order valence-electron chi connectivity index (χ4n) is 3.07. The lowest BCUT2D eigenvalue weighted by Gasteiger charge is -2.37. The van der Waals surface area contributed by atoms with E-state index in [2.05, 4.69) is 5.32 Å². The largest absolute Gasteiger partial charge is 0.459 e. The topological polar surface area (TPSA) is 82.9 Å². The first-order chi connectivity index (χ1) is 13.3. The first-order valence-electron chi connectivity index (χ1n) is 9.29. The standard InChI is InChI=1S/C21H25N3O4/c1-21(2,3)20(27)24-12-10-23(11-13-24)19(26)15-6-8-16(9-7-15)22-18(25)17-5-4-14-28-17/h4-9,14H,10-13H2,1-3H3,(H,22,25). The highest BCUT2D eigenvalue weighted by molar-refractivity contribution is 6.02. The second-order valence-electron chi connectivity index (χ2n) is 7.84. The summed E-state index contributed by atoms with van der Waals surface area (Å²) in [5, 5.41) is 2.72. The monoisotopic (exact) mass is 383 g/mol. The van der Waals surface area contributed by atoms with Crippen molar-refractivity contribution < 1.29 is 18.8 Å². The molecular weight excluding hydrogens is 358 g/mol. The maximum absolute atomic E-state index is 12.7. The third-order valence-electron chi connectivity index (χ3n) is 4.63. The zero-order valence-electron chi connectivity index (χ0n) is 16.4.